The second kappa shape index (κ2) is 6.69. The third-order valence-electron chi connectivity index (χ3n) is 3.93. The molecule has 18 heavy (non-hydrogen) atoms. The standard InChI is InChI=1S/C15H22BrNO/c1-17(14-4-2-3-5-15(14)18)11-10-12-6-8-13(16)9-7-12/h6-9,14-15,18H,2-5,10-11H2,1H3/t14-,15+/m1/s1. The van der Waals surface area contributed by atoms with Crippen LogP contribution in [0.5, 0.6) is 0 Å². The average molecular weight is 312 g/mol. The van der Waals surface area contributed by atoms with Crippen LogP contribution in [0.3, 0.4) is 0 Å². The highest BCUT2D eigenvalue weighted by Gasteiger charge is 2.25. The van der Waals surface area contributed by atoms with E-state index in [-0.39, 0.29) is 6.10 Å². The Hall–Kier alpha value is -0.380. The Balaban J connectivity index is 1.83. The number of nitrogens with zero attached hydrogens (tertiary/aromatic N) is 1. The van der Waals surface area contributed by atoms with Gasteiger partial charge < -0.3 is 10.0 Å². The molecule has 2 rings (SSSR count). The Morgan fingerprint density at radius 1 is 1.22 bits per heavy atom. The van der Waals surface area contributed by atoms with E-state index in [2.05, 4.69) is 52.1 Å². The molecular weight excluding hydrogens is 290 g/mol. The van der Waals surface area contributed by atoms with Gasteiger partial charge in [-0.05, 0) is 44.0 Å². The van der Waals surface area contributed by atoms with Crippen molar-refractivity contribution in [2.45, 2.75) is 44.2 Å². The molecular formula is C15H22BrNO. The van der Waals surface area contributed by atoms with E-state index in [4.69, 9.17) is 0 Å². The molecule has 0 bridgehead atoms. The van der Waals surface area contributed by atoms with Crippen molar-refractivity contribution >= 4 is 15.9 Å². The molecule has 1 aromatic rings. The van der Waals surface area contributed by atoms with Crippen LogP contribution in [0.15, 0.2) is 28.7 Å². The van der Waals surface area contributed by atoms with E-state index in [1.54, 1.807) is 0 Å². The number of halogens is 1. The van der Waals surface area contributed by atoms with Gasteiger partial charge in [-0.25, -0.2) is 0 Å². The first-order valence-electron chi connectivity index (χ1n) is 6.79. The highest BCUT2D eigenvalue weighted by atomic mass is 79.9. The monoisotopic (exact) mass is 311 g/mol. The number of aliphatic hydroxyl groups is 1. The number of hydrogen-bond acceptors (Lipinski definition) is 2. The third-order valence-corrected chi connectivity index (χ3v) is 4.46. The lowest BCUT2D eigenvalue weighted by atomic mass is 9.91. The SMILES string of the molecule is CN(CCc1ccc(Br)cc1)[C@@H]1CCCC[C@@H]1O. The summed E-state index contributed by atoms with van der Waals surface area (Å²) in [6.07, 6.45) is 5.45. The molecule has 1 aliphatic carbocycles. The fraction of sp³-hybridized carbons (Fsp3) is 0.600. The van der Waals surface area contributed by atoms with E-state index in [0.29, 0.717) is 6.04 Å². The second-order valence-electron chi connectivity index (χ2n) is 5.28. The highest BCUT2D eigenvalue weighted by molar-refractivity contribution is 9.10. The van der Waals surface area contributed by atoms with Gasteiger partial charge in [-0.15, -0.1) is 0 Å². The van der Waals surface area contributed by atoms with Crippen LogP contribution in [-0.2, 0) is 6.42 Å². The van der Waals surface area contributed by atoms with Crippen molar-refractivity contribution in [3.05, 3.63) is 34.3 Å². The van der Waals surface area contributed by atoms with Gasteiger partial charge in [-0.3, -0.25) is 0 Å². The second-order valence-corrected chi connectivity index (χ2v) is 6.19. The van der Waals surface area contributed by atoms with E-state index in [0.717, 1.165) is 30.3 Å². The Bertz CT molecular complexity index is 365. The molecule has 2 nitrogen and oxygen atoms in total. The van der Waals surface area contributed by atoms with E-state index < -0.39 is 0 Å². The number of hydrogen-bond donors (Lipinski definition) is 1. The summed E-state index contributed by atoms with van der Waals surface area (Å²) in [5.74, 6) is 0. The van der Waals surface area contributed by atoms with Crippen molar-refractivity contribution in [3.63, 3.8) is 0 Å². The molecule has 0 saturated heterocycles. The highest BCUT2D eigenvalue weighted by Crippen LogP contribution is 2.22. The van der Waals surface area contributed by atoms with Gasteiger partial charge in [-0.1, -0.05) is 40.9 Å². The Morgan fingerprint density at radius 2 is 1.89 bits per heavy atom. The van der Waals surface area contributed by atoms with Gasteiger partial charge in [-0.2, -0.15) is 0 Å². The maximum absolute atomic E-state index is 10.0. The van der Waals surface area contributed by atoms with Gasteiger partial charge in [0.25, 0.3) is 0 Å². The average Bonchev–Trinajstić information content (AvgIpc) is 2.38. The number of benzene rings is 1. The van der Waals surface area contributed by atoms with Crippen molar-refractivity contribution in [3.8, 4) is 0 Å². The zero-order valence-electron chi connectivity index (χ0n) is 11.0. The van der Waals surface area contributed by atoms with Crippen molar-refractivity contribution in [2.75, 3.05) is 13.6 Å². The van der Waals surface area contributed by atoms with Crippen LogP contribution in [0.2, 0.25) is 0 Å². The zero-order valence-corrected chi connectivity index (χ0v) is 12.6. The van der Waals surface area contributed by atoms with Gasteiger partial charge in [0.05, 0.1) is 6.10 Å². The molecule has 1 saturated carbocycles. The molecule has 1 aliphatic rings. The largest absolute Gasteiger partial charge is 0.391 e. The Morgan fingerprint density at radius 3 is 2.56 bits per heavy atom. The fourth-order valence-electron chi connectivity index (χ4n) is 2.73. The molecule has 0 radical (unpaired) electrons. The molecule has 2 atom stereocenters. The first kappa shape index (κ1) is 14.0. The van der Waals surface area contributed by atoms with Crippen LogP contribution in [0.25, 0.3) is 0 Å². The van der Waals surface area contributed by atoms with Crippen molar-refractivity contribution in [2.24, 2.45) is 0 Å². The molecule has 0 heterocycles. The minimum absolute atomic E-state index is 0.131. The van der Waals surface area contributed by atoms with Crippen molar-refractivity contribution < 1.29 is 5.11 Å². The summed E-state index contributed by atoms with van der Waals surface area (Å²) in [7, 11) is 2.14. The molecule has 0 amide bonds. The fourth-order valence-corrected chi connectivity index (χ4v) is 2.99. The molecule has 0 spiro atoms. The van der Waals surface area contributed by atoms with Crippen LogP contribution < -0.4 is 0 Å². The lowest BCUT2D eigenvalue weighted by Crippen LogP contribution is -2.44. The van der Waals surface area contributed by atoms with Crippen LogP contribution >= 0.6 is 15.9 Å². The van der Waals surface area contributed by atoms with E-state index in [1.165, 1.54) is 18.4 Å². The topological polar surface area (TPSA) is 23.5 Å². The lowest BCUT2D eigenvalue weighted by molar-refractivity contribution is 0.0327. The predicted molar refractivity (Wildman–Crippen MR) is 78.7 cm³/mol. The van der Waals surface area contributed by atoms with Crippen LogP contribution in [0.1, 0.15) is 31.2 Å². The van der Waals surface area contributed by atoms with Gasteiger partial charge in [0.2, 0.25) is 0 Å². The van der Waals surface area contributed by atoms with Gasteiger partial charge in [0.15, 0.2) is 0 Å². The molecule has 0 aromatic heterocycles. The third kappa shape index (κ3) is 3.81. The molecule has 100 valence electrons. The zero-order chi connectivity index (χ0) is 13.0. The molecule has 1 N–H and O–H groups in total. The molecule has 3 heteroatoms. The van der Waals surface area contributed by atoms with Gasteiger partial charge in [0, 0.05) is 17.1 Å². The predicted octanol–water partition coefficient (Wildman–Crippen LogP) is 3.23. The molecule has 1 aromatic carbocycles. The molecule has 0 unspecified atom stereocenters. The summed E-state index contributed by atoms with van der Waals surface area (Å²) in [6.45, 7) is 1.02. The molecule has 0 aliphatic heterocycles. The summed E-state index contributed by atoms with van der Waals surface area (Å²) in [5.41, 5.74) is 1.36. The maximum atomic E-state index is 10.0. The quantitative estimate of drug-likeness (QED) is 0.923. The van der Waals surface area contributed by atoms with E-state index in [1.807, 2.05) is 0 Å². The van der Waals surface area contributed by atoms with E-state index >= 15 is 0 Å². The lowest BCUT2D eigenvalue weighted by Gasteiger charge is -2.35. The number of aliphatic hydroxyl groups excluding tert-OH is 1. The normalized spacial score (nSPS) is 24.4. The minimum Gasteiger partial charge on any atom is -0.391 e. The van der Waals surface area contributed by atoms with Crippen molar-refractivity contribution in [1.82, 2.24) is 4.90 Å². The van der Waals surface area contributed by atoms with Crippen LogP contribution in [0, 0.1) is 0 Å². The minimum atomic E-state index is -0.131. The van der Waals surface area contributed by atoms with Crippen LogP contribution in [-0.4, -0.2) is 35.7 Å². The maximum Gasteiger partial charge on any atom is 0.0695 e. The number of likely N-dealkylation sites (N-methyl/N-ethyl adjacent to an activating group) is 1. The summed E-state index contributed by atoms with van der Waals surface area (Å²) in [4.78, 5) is 2.33. The van der Waals surface area contributed by atoms with Gasteiger partial charge >= 0.3 is 0 Å². The van der Waals surface area contributed by atoms with Gasteiger partial charge in [0.1, 0.15) is 0 Å². The van der Waals surface area contributed by atoms with Crippen molar-refractivity contribution in [1.29, 1.82) is 0 Å². The van der Waals surface area contributed by atoms with E-state index in [9.17, 15) is 5.11 Å². The Kier molecular flexibility index (Phi) is 5.22. The molecule has 1 fully saturated rings. The smallest absolute Gasteiger partial charge is 0.0695 e. The van der Waals surface area contributed by atoms with Crippen LogP contribution in [0.4, 0.5) is 0 Å². The Labute approximate surface area is 118 Å². The number of rotatable bonds is 4. The summed E-state index contributed by atoms with van der Waals surface area (Å²) >= 11 is 3.45. The summed E-state index contributed by atoms with van der Waals surface area (Å²) in [5, 5.41) is 10.0. The first-order valence-corrected chi connectivity index (χ1v) is 7.59. The summed E-state index contributed by atoms with van der Waals surface area (Å²) < 4.78 is 1.13. The first-order chi connectivity index (χ1) is 8.66. The summed E-state index contributed by atoms with van der Waals surface area (Å²) in [6, 6.07) is 8.86.